The number of aromatic nitrogens is 1. The van der Waals surface area contributed by atoms with E-state index in [0.29, 0.717) is 37.2 Å². The van der Waals surface area contributed by atoms with Gasteiger partial charge in [0.15, 0.2) is 0 Å². The summed E-state index contributed by atoms with van der Waals surface area (Å²) in [6.45, 7) is 1.21. The van der Waals surface area contributed by atoms with Crippen molar-refractivity contribution >= 4 is 65.5 Å². The summed E-state index contributed by atoms with van der Waals surface area (Å²) in [4.78, 5) is 115. The zero-order chi connectivity index (χ0) is 49.9. The van der Waals surface area contributed by atoms with Gasteiger partial charge in [0.25, 0.3) is 11.8 Å². The standard InChI is InChI=1S/C49H53F2N8O10P/c50-49(51,70(67,68)69)32-15-18-36-31(23-32)24-38(55-36)44(62)56-37-17-14-29-11-7-12-30-25-40(59(43(29)30)48(37)66)46(64)54-33(16-20-41(52)60)26-53-22-6-4-2-1-3-5-9-28-10-8-13-34-35(28)27-58(47(34)65)39-19-21-42(61)57-45(39)63/h7-8,10-13,15,18,23-24,33,37,39-40,53,55H,1-4,6,14,16-17,19-22,25-27H2,(H2,52,60)(H,54,64)(H,56,62)(H,57,61,63)(H2,67,68,69)/t33-,37-,39?,40-/m0/s1. The highest BCUT2D eigenvalue weighted by Crippen LogP contribution is 2.59. The summed E-state index contributed by atoms with van der Waals surface area (Å²) < 4.78 is 40.4. The maximum Gasteiger partial charge on any atom is 0.399 e. The number of hydrogen-bond acceptors (Lipinski definition) is 9. The van der Waals surface area contributed by atoms with Gasteiger partial charge in [-0.3, -0.25) is 48.3 Å². The van der Waals surface area contributed by atoms with Crippen LogP contribution in [0.1, 0.15) is 113 Å². The molecule has 4 aromatic rings. The normalized spacial score (nSPS) is 19.2. The number of H-pyrrole nitrogens is 1. The Balaban J connectivity index is 0.828. The quantitative estimate of drug-likeness (QED) is 0.0309. The number of rotatable bonds is 18. The number of halogens is 2. The molecular weight excluding hydrogens is 930 g/mol. The minimum Gasteiger partial charge on any atom is -0.370 e. The average Bonchev–Trinajstić information content (AvgIpc) is 4.01. The number of benzene rings is 3. The first-order valence-electron chi connectivity index (χ1n) is 23.3. The predicted molar refractivity (Wildman–Crippen MR) is 251 cm³/mol. The minimum absolute atomic E-state index is 0.0147. The van der Waals surface area contributed by atoms with Gasteiger partial charge in [-0.1, -0.05) is 55.0 Å². The fourth-order valence-corrected chi connectivity index (χ4v) is 10.1. The Morgan fingerprint density at radius 2 is 1.73 bits per heavy atom. The second kappa shape index (κ2) is 20.7. The third-order valence-corrected chi connectivity index (χ3v) is 14.3. The number of anilines is 1. The largest absolute Gasteiger partial charge is 0.399 e. The van der Waals surface area contributed by atoms with Crippen molar-refractivity contribution in [3.05, 3.63) is 99.7 Å². The van der Waals surface area contributed by atoms with Crippen molar-refractivity contribution in [1.82, 2.24) is 31.2 Å². The number of carbonyl (C=O) groups is 7. The molecule has 9 N–H and O–H groups in total. The smallest absolute Gasteiger partial charge is 0.370 e. The molecule has 1 unspecified atom stereocenters. The number of primary amides is 1. The number of nitrogens with zero attached hydrogens (tertiary/aromatic N) is 2. The van der Waals surface area contributed by atoms with E-state index in [1.54, 1.807) is 12.1 Å². The molecule has 3 aromatic carbocycles. The molecule has 0 bridgehead atoms. The molecule has 0 aliphatic carbocycles. The lowest BCUT2D eigenvalue weighted by molar-refractivity contribution is -0.137. The van der Waals surface area contributed by atoms with Crippen molar-refractivity contribution in [3.63, 3.8) is 0 Å². The van der Waals surface area contributed by atoms with Gasteiger partial charge in [-0.25, -0.2) is 0 Å². The van der Waals surface area contributed by atoms with Gasteiger partial charge in [0.05, 0.1) is 5.69 Å². The number of aryl methyl sites for hydroxylation is 1. The molecule has 8 rings (SSSR count). The van der Waals surface area contributed by atoms with E-state index in [2.05, 4.69) is 38.1 Å². The van der Waals surface area contributed by atoms with Crippen LogP contribution in [0.4, 0.5) is 14.5 Å². The third-order valence-electron chi connectivity index (χ3n) is 13.3. The summed E-state index contributed by atoms with van der Waals surface area (Å²) in [5.41, 5.74) is 4.51. The zero-order valence-corrected chi connectivity index (χ0v) is 38.9. The molecule has 0 spiro atoms. The second-order valence-electron chi connectivity index (χ2n) is 18.1. The fourth-order valence-electron chi connectivity index (χ4n) is 9.61. The number of nitrogens with one attached hydrogen (secondary N) is 5. The Morgan fingerprint density at radius 1 is 0.957 bits per heavy atom. The number of carbonyl (C=O) groups excluding carboxylic acids is 7. The second-order valence-corrected chi connectivity index (χ2v) is 19.8. The van der Waals surface area contributed by atoms with Crippen LogP contribution in [-0.2, 0) is 53.6 Å². The molecule has 18 nitrogen and oxygen atoms in total. The number of alkyl halides is 2. The van der Waals surface area contributed by atoms with Crippen LogP contribution in [-0.4, -0.2) is 98.3 Å². The maximum absolute atomic E-state index is 14.4. The molecule has 4 atom stereocenters. The van der Waals surface area contributed by atoms with Crippen LogP contribution >= 0.6 is 7.60 Å². The Kier molecular flexibility index (Phi) is 14.7. The number of para-hydroxylation sites is 1. The Morgan fingerprint density at radius 3 is 2.50 bits per heavy atom. The van der Waals surface area contributed by atoms with Gasteiger partial charge in [-0.2, -0.15) is 8.78 Å². The van der Waals surface area contributed by atoms with E-state index in [9.17, 15) is 56.7 Å². The van der Waals surface area contributed by atoms with Gasteiger partial charge in [0.2, 0.25) is 29.5 Å². The molecule has 0 saturated carbocycles. The molecular formula is C49H53F2N8O10P. The SMILES string of the molecule is NC(=O)CC[C@@H](CNCCCCCCC#Cc1cccc2c1CN(C1CCC(=O)NC1=O)C2=O)NC(=O)[C@@H]1Cc2cccc3c2N1C(=O)[C@@H](NC(=O)c1cc2cc(C(F)(F)P(=O)(O)O)ccc2[nH]1)CC3. The lowest BCUT2D eigenvalue weighted by atomic mass is 10.0. The van der Waals surface area contributed by atoms with Gasteiger partial charge in [-0.05, 0) is 92.1 Å². The number of aromatic amines is 1. The number of hydrogen-bond donors (Lipinski definition) is 8. The van der Waals surface area contributed by atoms with E-state index >= 15 is 0 Å². The van der Waals surface area contributed by atoms with Crippen molar-refractivity contribution in [2.24, 2.45) is 5.73 Å². The first kappa shape index (κ1) is 49.6. The average molecular weight is 983 g/mol. The zero-order valence-electron chi connectivity index (χ0n) is 38.0. The molecule has 1 saturated heterocycles. The maximum atomic E-state index is 14.4. The molecule has 4 aliphatic rings. The summed E-state index contributed by atoms with van der Waals surface area (Å²) in [5, 5.41) is 11.5. The Labute approximate surface area is 401 Å². The number of piperidine rings is 1. The van der Waals surface area contributed by atoms with Crippen LogP contribution in [0.3, 0.4) is 0 Å². The van der Waals surface area contributed by atoms with E-state index in [1.165, 1.54) is 21.9 Å². The van der Waals surface area contributed by atoms with Crippen molar-refractivity contribution < 1.29 is 56.7 Å². The highest BCUT2D eigenvalue weighted by Gasteiger charge is 2.50. The molecule has 4 aliphatic heterocycles. The molecule has 1 fully saturated rings. The van der Waals surface area contributed by atoms with E-state index in [4.69, 9.17) is 5.73 Å². The summed E-state index contributed by atoms with van der Waals surface area (Å²) in [6, 6.07) is 11.8. The van der Waals surface area contributed by atoms with Crippen LogP contribution in [0, 0.1) is 11.8 Å². The first-order valence-corrected chi connectivity index (χ1v) is 24.9. The van der Waals surface area contributed by atoms with E-state index < -0.39 is 72.5 Å². The van der Waals surface area contributed by atoms with Gasteiger partial charge >= 0.3 is 13.3 Å². The monoisotopic (exact) mass is 982 g/mol. The van der Waals surface area contributed by atoms with Gasteiger partial charge in [0.1, 0.15) is 23.8 Å². The minimum atomic E-state index is -5.84. The summed E-state index contributed by atoms with van der Waals surface area (Å²) in [7, 11) is -5.84. The van der Waals surface area contributed by atoms with Crippen molar-refractivity contribution in [1.29, 1.82) is 0 Å². The molecule has 70 heavy (non-hydrogen) atoms. The number of amides is 7. The molecule has 5 heterocycles. The lowest BCUT2D eigenvalue weighted by Crippen LogP contribution is -2.56. The van der Waals surface area contributed by atoms with Crippen LogP contribution in [0.5, 0.6) is 0 Å². The summed E-state index contributed by atoms with van der Waals surface area (Å²) in [5.74, 6) is 3.14. The summed E-state index contributed by atoms with van der Waals surface area (Å²) >= 11 is 0. The molecule has 0 radical (unpaired) electrons. The highest BCUT2D eigenvalue weighted by atomic mass is 31.2. The topological polar surface area (TPSA) is 273 Å². The molecule has 21 heteroatoms. The van der Waals surface area contributed by atoms with E-state index in [1.807, 2.05) is 24.3 Å². The number of fused-ring (bicyclic) bond motifs is 2. The van der Waals surface area contributed by atoms with Crippen LogP contribution < -0.4 is 31.9 Å². The first-order chi connectivity index (χ1) is 33.4. The van der Waals surface area contributed by atoms with Crippen LogP contribution in [0.2, 0.25) is 0 Å². The van der Waals surface area contributed by atoms with E-state index in [-0.39, 0.29) is 73.5 Å². The fraction of sp³-hybridized carbons (Fsp3) is 0.408. The summed E-state index contributed by atoms with van der Waals surface area (Å²) in [6.07, 6.45) is 5.66. The third kappa shape index (κ3) is 10.5. The Hall–Kier alpha value is -6.78. The molecule has 368 valence electrons. The van der Waals surface area contributed by atoms with Crippen LogP contribution in [0.25, 0.3) is 10.9 Å². The highest BCUT2D eigenvalue weighted by molar-refractivity contribution is 7.52. The van der Waals surface area contributed by atoms with Gasteiger partial charge in [-0.15, -0.1) is 0 Å². The number of unbranched alkanes of at least 4 members (excludes halogenated alkanes) is 4. The van der Waals surface area contributed by atoms with E-state index in [0.717, 1.165) is 60.1 Å². The molecule has 1 aromatic heterocycles. The lowest BCUT2D eigenvalue weighted by Gasteiger charge is -2.29. The number of nitrogens with two attached hydrogens (primary N) is 1. The van der Waals surface area contributed by atoms with Crippen LogP contribution in [0.15, 0.2) is 60.7 Å². The Bertz CT molecular complexity index is 2890. The molecule has 7 amide bonds. The predicted octanol–water partition coefficient (Wildman–Crippen LogP) is 3.50. The van der Waals surface area contributed by atoms with Gasteiger partial charge < -0.3 is 41.4 Å². The van der Waals surface area contributed by atoms with Crippen molar-refractivity contribution in [3.8, 4) is 11.8 Å². The number of imide groups is 1. The van der Waals surface area contributed by atoms with Crippen molar-refractivity contribution in [2.45, 2.75) is 113 Å². The van der Waals surface area contributed by atoms with Crippen molar-refractivity contribution in [2.75, 3.05) is 18.0 Å². The van der Waals surface area contributed by atoms with Gasteiger partial charge in [0, 0.05) is 72.4 Å².